The Morgan fingerprint density at radius 3 is 2.22 bits per heavy atom. The highest BCUT2D eigenvalue weighted by Gasteiger charge is 2.42. The standard InChI is InChI=1S/C36H45ClN6O3/c1-24-6-9-31(10-7-24)43-26(3)33(19-38-43)36(46)41-22-29-20-39(21-30(29)23-41)14-5-15-42(32-11-8-25(2)34(37)18-32)35(45)28-12-16-40(17-13-28)27(4)44/h6-11,18-19,28-30H,5,12-17,20-23H2,1-4H3. The molecule has 3 saturated heterocycles. The van der Waals surface area contributed by atoms with Gasteiger partial charge in [-0.05, 0) is 88.2 Å². The molecule has 9 nitrogen and oxygen atoms in total. The van der Waals surface area contributed by atoms with Crippen molar-refractivity contribution in [3.8, 4) is 5.69 Å². The predicted octanol–water partition coefficient (Wildman–Crippen LogP) is 5.14. The molecule has 0 saturated carbocycles. The molecule has 2 atom stereocenters. The Kier molecular flexibility index (Phi) is 9.52. The number of benzene rings is 2. The minimum Gasteiger partial charge on any atom is -0.343 e. The molecule has 2 aromatic carbocycles. The molecular weight excluding hydrogens is 600 g/mol. The zero-order chi connectivity index (χ0) is 32.5. The molecule has 0 bridgehead atoms. The Bertz CT molecular complexity index is 1580. The lowest BCUT2D eigenvalue weighted by atomic mass is 9.94. The van der Waals surface area contributed by atoms with Crippen LogP contribution in [-0.4, -0.2) is 94.6 Å². The summed E-state index contributed by atoms with van der Waals surface area (Å²) in [5.74, 6) is 1.07. The van der Waals surface area contributed by atoms with E-state index in [2.05, 4.69) is 29.1 Å². The molecule has 10 heteroatoms. The maximum absolute atomic E-state index is 13.8. The van der Waals surface area contributed by atoms with Crippen LogP contribution in [0.3, 0.4) is 0 Å². The van der Waals surface area contributed by atoms with Gasteiger partial charge in [0.1, 0.15) is 0 Å². The summed E-state index contributed by atoms with van der Waals surface area (Å²) < 4.78 is 1.85. The van der Waals surface area contributed by atoms with Crippen LogP contribution in [0.5, 0.6) is 0 Å². The number of amides is 3. The number of aryl methyl sites for hydroxylation is 2. The molecule has 4 heterocycles. The fourth-order valence-corrected chi connectivity index (χ4v) is 7.58. The number of halogens is 1. The van der Waals surface area contributed by atoms with E-state index in [0.29, 0.717) is 54.9 Å². The summed E-state index contributed by atoms with van der Waals surface area (Å²) >= 11 is 6.49. The van der Waals surface area contributed by atoms with E-state index < -0.39 is 0 Å². The van der Waals surface area contributed by atoms with Gasteiger partial charge in [0.05, 0.1) is 23.1 Å². The fourth-order valence-electron chi connectivity index (χ4n) is 7.41. The molecule has 3 amide bonds. The third-order valence-corrected chi connectivity index (χ3v) is 10.7. The summed E-state index contributed by atoms with van der Waals surface area (Å²) in [5, 5.41) is 5.19. The highest BCUT2D eigenvalue weighted by molar-refractivity contribution is 6.31. The Morgan fingerprint density at radius 2 is 1.59 bits per heavy atom. The van der Waals surface area contributed by atoms with E-state index in [4.69, 9.17) is 11.6 Å². The van der Waals surface area contributed by atoms with Gasteiger partial charge in [0.2, 0.25) is 11.8 Å². The van der Waals surface area contributed by atoms with Crippen molar-refractivity contribution in [2.45, 2.75) is 47.0 Å². The van der Waals surface area contributed by atoms with Crippen molar-refractivity contribution in [3.05, 3.63) is 76.1 Å². The van der Waals surface area contributed by atoms with E-state index in [1.807, 2.05) is 63.6 Å². The first kappa shape index (κ1) is 32.3. The van der Waals surface area contributed by atoms with E-state index in [9.17, 15) is 14.4 Å². The van der Waals surface area contributed by atoms with Gasteiger partial charge in [0.25, 0.3) is 5.91 Å². The summed E-state index contributed by atoms with van der Waals surface area (Å²) in [4.78, 5) is 47.4. The smallest absolute Gasteiger partial charge is 0.257 e. The number of anilines is 1. The molecule has 6 rings (SSSR count). The van der Waals surface area contributed by atoms with Crippen molar-refractivity contribution in [2.24, 2.45) is 17.8 Å². The first-order valence-electron chi connectivity index (χ1n) is 16.6. The summed E-state index contributed by atoms with van der Waals surface area (Å²) in [7, 11) is 0. The number of carbonyl (C=O) groups excluding carboxylic acids is 3. The van der Waals surface area contributed by atoms with Gasteiger partial charge in [-0.1, -0.05) is 35.4 Å². The second-order valence-corrected chi connectivity index (χ2v) is 13.8. The van der Waals surface area contributed by atoms with E-state index in [1.54, 1.807) is 13.1 Å². The lowest BCUT2D eigenvalue weighted by Gasteiger charge is -2.34. The third-order valence-electron chi connectivity index (χ3n) is 10.2. The van der Waals surface area contributed by atoms with Crippen LogP contribution in [0.1, 0.15) is 53.4 Å². The van der Waals surface area contributed by atoms with Gasteiger partial charge >= 0.3 is 0 Å². The van der Waals surface area contributed by atoms with Crippen molar-refractivity contribution in [3.63, 3.8) is 0 Å². The zero-order valence-corrected chi connectivity index (χ0v) is 28.2. The van der Waals surface area contributed by atoms with Gasteiger partial charge in [-0.3, -0.25) is 14.4 Å². The first-order valence-corrected chi connectivity index (χ1v) is 16.9. The highest BCUT2D eigenvalue weighted by Crippen LogP contribution is 2.33. The molecule has 3 fully saturated rings. The van der Waals surface area contributed by atoms with Crippen LogP contribution in [0.4, 0.5) is 5.69 Å². The van der Waals surface area contributed by atoms with E-state index >= 15 is 0 Å². The zero-order valence-electron chi connectivity index (χ0n) is 27.4. The number of piperidine rings is 1. The third kappa shape index (κ3) is 6.72. The van der Waals surface area contributed by atoms with Gasteiger partial charge in [-0.15, -0.1) is 0 Å². The molecule has 0 N–H and O–H groups in total. The fraction of sp³-hybridized carbons (Fsp3) is 0.500. The maximum Gasteiger partial charge on any atom is 0.257 e. The molecule has 3 aliphatic heterocycles. The number of rotatable bonds is 8. The summed E-state index contributed by atoms with van der Waals surface area (Å²) in [6.45, 7) is 13.8. The second kappa shape index (κ2) is 13.6. The van der Waals surface area contributed by atoms with Crippen molar-refractivity contribution in [1.29, 1.82) is 0 Å². The summed E-state index contributed by atoms with van der Waals surface area (Å²) in [6.07, 6.45) is 3.93. The van der Waals surface area contributed by atoms with Crippen LogP contribution in [-0.2, 0) is 9.59 Å². The molecule has 46 heavy (non-hydrogen) atoms. The van der Waals surface area contributed by atoms with Crippen LogP contribution >= 0.6 is 11.6 Å². The molecule has 0 aliphatic carbocycles. The number of carbonyl (C=O) groups is 3. The van der Waals surface area contributed by atoms with E-state index in [0.717, 1.165) is 61.8 Å². The number of aromatic nitrogens is 2. The Morgan fingerprint density at radius 1 is 0.913 bits per heavy atom. The van der Waals surface area contributed by atoms with Crippen molar-refractivity contribution in [1.82, 2.24) is 24.5 Å². The molecular formula is C36H45ClN6O3. The topological polar surface area (TPSA) is 82.0 Å². The van der Waals surface area contributed by atoms with Crippen LogP contribution in [0, 0.1) is 38.5 Å². The van der Waals surface area contributed by atoms with E-state index in [1.165, 1.54) is 5.56 Å². The normalized spacial score (nSPS) is 20.3. The molecule has 3 aromatic rings. The summed E-state index contributed by atoms with van der Waals surface area (Å²) in [6, 6.07) is 14.0. The van der Waals surface area contributed by atoms with Gasteiger partial charge in [-0.25, -0.2) is 4.68 Å². The molecule has 0 spiro atoms. The molecule has 244 valence electrons. The number of hydrogen-bond donors (Lipinski definition) is 0. The minimum atomic E-state index is -0.0991. The first-order chi connectivity index (χ1) is 22.1. The lowest BCUT2D eigenvalue weighted by Crippen LogP contribution is -2.44. The highest BCUT2D eigenvalue weighted by atomic mass is 35.5. The quantitative estimate of drug-likeness (QED) is 0.339. The molecule has 1 aromatic heterocycles. The van der Waals surface area contributed by atoms with Gasteiger partial charge in [0.15, 0.2) is 0 Å². The lowest BCUT2D eigenvalue weighted by molar-refractivity contribution is -0.133. The van der Waals surface area contributed by atoms with Gasteiger partial charge in [0, 0.05) is 69.4 Å². The van der Waals surface area contributed by atoms with Crippen molar-refractivity contribution < 1.29 is 14.4 Å². The minimum absolute atomic E-state index is 0.0665. The number of hydrogen-bond acceptors (Lipinski definition) is 5. The number of nitrogens with zero attached hydrogens (tertiary/aromatic N) is 6. The Balaban J connectivity index is 1.03. The van der Waals surface area contributed by atoms with Crippen LogP contribution < -0.4 is 4.90 Å². The number of likely N-dealkylation sites (tertiary alicyclic amines) is 3. The van der Waals surface area contributed by atoms with Gasteiger partial charge in [-0.2, -0.15) is 5.10 Å². The van der Waals surface area contributed by atoms with E-state index in [-0.39, 0.29) is 23.6 Å². The van der Waals surface area contributed by atoms with Crippen molar-refractivity contribution in [2.75, 3.05) is 57.3 Å². The van der Waals surface area contributed by atoms with Crippen molar-refractivity contribution >= 4 is 35.0 Å². The SMILES string of the molecule is CC(=O)N1CCC(C(=O)N(CCCN2CC3CN(C(=O)c4cnn(-c5ccc(C)cc5)c4C)CC3C2)c2ccc(C)c(Cl)c2)CC1. The van der Waals surface area contributed by atoms with Crippen LogP contribution in [0.25, 0.3) is 5.69 Å². The van der Waals surface area contributed by atoms with Crippen LogP contribution in [0.2, 0.25) is 5.02 Å². The predicted molar refractivity (Wildman–Crippen MR) is 180 cm³/mol. The number of fused-ring (bicyclic) bond motifs is 1. The monoisotopic (exact) mass is 644 g/mol. The summed E-state index contributed by atoms with van der Waals surface area (Å²) in [5.41, 5.74) is 5.51. The average Bonchev–Trinajstić information content (AvgIpc) is 3.74. The molecule has 0 radical (unpaired) electrons. The molecule has 3 aliphatic rings. The largest absolute Gasteiger partial charge is 0.343 e. The van der Waals surface area contributed by atoms with Gasteiger partial charge < -0.3 is 19.6 Å². The Hall–Kier alpha value is -3.69. The van der Waals surface area contributed by atoms with Crippen LogP contribution in [0.15, 0.2) is 48.7 Å². The Labute approximate surface area is 277 Å². The molecule has 2 unspecified atom stereocenters. The average molecular weight is 645 g/mol. The second-order valence-electron chi connectivity index (χ2n) is 13.4. The maximum atomic E-state index is 13.8.